The summed E-state index contributed by atoms with van der Waals surface area (Å²) in [5.74, 6) is 0.308. The van der Waals surface area contributed by atoms with Crippen molar-refractivity contribution in [3.63, 3.8) is 0 Å². The van der Waals surface area contributed by atoms with Crippen molar-refractivity contribution in [2.45, 2.75) is 18.9 Å². The molecule has 1 aliphatic heterocycles. The largest absolute Gasteiger partial charge is 0.508 e. The van der Waals surface area contributed by atoms with E-state index in [0.29, 0.717) is 11.8 Å². The Morgan fingerprint density at radius 3 is 2.94 bits per heavy atom. The number of rotatable bonds is 2. The normalized spacial score (nSPS) is 17.2. The van der Waals surface area contributed by atoms with Crippen LogP contribution in [0.1, 0.15) is 12.8 Å². The van der Waals surface area contributed by atoms with Crippen LogP contribution in [0.3, 0.4) is 0 Å². The summed E-state index contributed by atoms with van der Waals surface area (Å²) in [4.78, 5) is 6.92. The van der Waals surface area contributed by atoms with Crippen LogP contribution < -0.4 is 10.2 Å². The summed E-state index contributed by atoms with van der Waals surface area (Å²) in [5.41, 5.74) is 0.966. The summed E-state index contributed by atoms with van der Waals surface area (Å²) in [5, 5.41) is 13.9. The molecule has 1 aromatic carbocycles. The van der Waals surface area contributed by atoms with Gasteiger partial charge in [-0.2, -0.15) is 0 Å². The Bertz CT molecular complexity index is 548. The van der Waals surface area contributed by atoms with E-state index >= 15 is 0 Å². The molecule has 0 unspecified atom stereocenters. The molecule has 5 heteroatoms. The summed E-state index contributed by atoms with van der Waals surface area (Å²) in [6, 6.07) is 5.92. The maximum absolute atomic E-state index is 9.48. The molecule has 2 N–H and O–H groups in total. The minimum absolute atomic E-state index is 0.308. The molecule has 3 rings (SSSR count). The first-order valence-electron chi connectivity index (χ1n) is 6.27. The molecule has 0 saturated carbocycles. The fourth-order valence-corrected chi connectivity index (χ4v) is 3.43. The average molecular weight is 263 g/mol. The first kappa shape index (κ1) is 11.7. The molecular formula is C13H17N3OS. The Balaban J connectivity index is 1.88. The zero-order chi connectivity index (χ0) is 12.5. The van der Waals surface area contributed by atoms with Crippen LogP contribution in [0.2, 0.25) is 0 Å². The van der Waals surface area contributed by atoms with E-state index in [9.17, 15) is 5.11 Å². The Kier molecular flexibility index (Phi) is 3.09. The number of fused-ring (bicyclic) bond motifs is 1. The van der Waals surface area contributed by atoms with Crippen molar-refractivity contribution in [2.24, 2.45) is 0 Å². The van der Waals surface area contributed by atoms with Crippen molar-refractivity contribution >= 4 is 26.7 Å². The van der Waals surface area contributed by atoms with E-state index in [0.717, 1.165) is 41.3 Å². The van der Waals surface area contributed by atoms with Gasteiger partial charge in [-0.3, -0.25) is 0 Å². The van der Waals surface area contributed by atoms with Gasteiger partial charge in [0.05, 0.1) is 10.2 Å². The van der Waals surface area contributed by atoms with Crippen molar-refractivity contribution in [1.29, 1.82) is 0 Å². The third-order valence-electron chi connectivity index (χ3n) is 3.52. The maximum Gasteiger partial charge on any atom is 0.186 e. The van der Waals surface area contributed by atoms with Gasteiger partial charge in [-0.25, -0.2) is 4.98 Å². The lowest BCUT2D eigenvalue weighted by atomic mass is 10.1. The van der Waals surface area contributed by atoms with Gasteiger partial charge < -0.3 is 15.3 Å². The Hall–Kier alpha value is -1.33. The number of hydrogen-bond acceptors (Lipinski definition) is 5. The lowest BCUT2D eigenvalue weighted by Crippen LogP contribution is -2.41. The van der Waals surface area contributed by atoms with Gasteiger partial charge in [-0.15, -0.1) is 0 Å². The molecule has 0 amide bonds. The topological polar surface area (TPSA) is 48.4 Å². The fourth-order valence-electron chi connectivity index (χ4n) is 2.40. The molecule has 1 fully saturated rings. The molecule has 0 spiro atoms. The highest BCUT2D eigenvalue weighted by molar-refractivity contribution is 7.22. The predicted molar refractivity (Wildman–Crippen MR) is 75.6 cm³/mol. The van der Waals surface area contributed by atoms with Gasteiger partial charge in [0, 0.05) is 13.1 Å². The molecule has 0 radical (unpaired) electrons. The third kappa shape index (κ3) is 2.15. The summed E-state index contributed by atoms with van der Waals surface area (Å²) in [6.07, 6.45) is 2.33. The number of phenols is 1. The number of anilines is 1. The minimum atomic E-state index is 0.308. The number of aromatic hydroxyl groups is 1. The standard InChI is InChI=1S/C13H17N3OS/c1-16(9-4-6-14-7-5-9)13-15-11-3-2-10(17)8-12(11)18-13/h2-3,8-9,14,17H,4-7H2,1H3. The van der Waals surface area contributed by atoms with Gasteiger partial charge in [-0.1, -0.05) is 11.3 Å². The highest BCUT2D eigenvalue weighted by Crippen LogP contribution is 2.32. The summed E-state index contributed by atoms with van der Waals surface area (Å²) in [6.45, 7) is 2.17. The number of nitrogens with one attached hydrogen (secondary N) is 1. The quantitative estimate of drug-likeness (QED) is 0.872. The van der Waals surface area contributed by atoms with E-state index in [1.165, 1.54) is 0 Å². The number of phenolic OH excluding ortho intramolecular Hbond substituents is 1. The second kappa shape index (κ2) is 4.74. The summed E-state index contributed by atoms with van der Waals surface area (Å²) in [7, 11) is 2.12. The molecular weight excluding hydrogens is 246 g/mol. The van der Waals surface area contributed by atoms with Crippen molar-refractivity contribution in [3.05, 3.63) is 18.2 Å². The SMILES string of the molecule is CN(c1nc2ccc(O)cc2s1)C1CCNCC1. The van der Waals surface area contributed by atoms with Crippen molar-refractivity contribution < 1.29 is 5.11 Å². The van der Waals surface area contributed by atoms with E-state index < -0.39 is 0 Å². The first-order valence-corrected chi connectivity index (χ1v) is 7.09. The molecule has 18 heavy (non-hydrogen) atoms. The van der Waals surface area contributed by atoms with Crippen LogP contribution in [-0.4, -0.2) is 36.3 Å². The molecule has 2 aromatic rings. The smallest absolute Gasteiger partial charge is 0.186 e. The van der Waals surface area contributed by atoms with E-state index in [1.807, 2.05) is 6.07 Å². The Labute approximate surface area is 110 Å². The van der Waals surface area contributed by atoms with Crippen LogP contribution in [0.15, 0.2) is 18.2 Å². The number of aromatic nitrogens is 1. The Morgan fingerprint density at radius 1 is 1.39 bits per heavy atom. The fraction of sp³-hybridized carbons (Fsp3) is 0.462. The van der Waals surface area contributed by atoms with E-state index in [2.05, 4.69) is 22.2 Å². The third-order valence-corrected chi connectivity index (χ3v) is 4.63. The first-order chi connectivity index (χ1) is 8.74. The summed E-state index contributed by atoms with van der Waals surface area (Å²) < 4.78 is 1.05. The molecule has 2 heterocycles. The van der Waals surface area contributed by atoms with Gasteiger partial charge in [0.2, 0.25) is 0 Å². The molecule has 4 nitrogen and oxygen atoms in total. The van der Waals surface area contributed by atoms with E-state index in [1.54, 1.807) is 23.5 Å². The number of hydrogen-bond donors (Lipinski definition) is 2. The zero-order valence-corrected chi connectivity index (χ0v) is 11.2. The molecule has 1 aliphatic rings. The van der Waals surface area contributed by atoms with Gasteiger partial charge >= 0.3 is 0 Å². The van der Waals surface area contributed by atoms with Crippen molar-refractivity contribution in [2.75, 3.05) is 25.0 Å². The minimum Gasteiger partial charge on any atom is -0.508 e. The number of piperidine rings is 1. The number of thiazole rings is 1. The molecule has 0 aliphatic carbocycles. The average Bonchev–Trinajstić information content (AvgIpc) is 2.81. The number of benzene rings is 1. The van der Waals surface area contributed by atoms with Crippen LogP contribution >= 0.6 is 11.3 Å². The highest BCUT2D eigenvalue weighted by Gasteiger charge is 2.20. The van der Waals surface area contributed by atoms with Gasteiger partial charge in [0.15, 0.2) is 5.13 Å². The molecule has 0 atom stereocenters. The second-order valence-corrected chi connectivity index (χ2v) is 5.75. The monoisotopic (exact) mass is 263 g/mol. The van der Waals surface area contributed by atoms with Gasteiger partial charge in [0.1, 0.15) is 5.75 Å². The van der Waals surface area contributed by atoms with E-state index in [4.69, 9.17) is 0 Å². The molecule has 96 valence electrons. The lowest BCUT2D eigenvalue weighted by molar-refractivity contribution is 0.443. The zero-order valence-electron chi connectivity index (χ0n) is 10.4. The van der Waals surface area contributed by atoms with Crippen LogP contribution in [-0.2, 0) is 0 Å². The van der Waals surface area contributed by atoms with Crippen LogP contribution in [0.5, 0.6) is 5.75 Å². The molecule has 1 saturated heterocycles. The van der Waals surface area contributed by atoms with Crippen molar-refractivity contribution in [1.82, 2.24) is 10.3 Å². The van der Waals surface area contributed by atoms with Gasteiger partial charge in [-0.05, 0) is 44.1 Å². The maximum atomic E-state index is 9.48. The molecule has 0 bridgehead atoms. The van der Waals surface area contributed by atoms with Crippen LogP contribution in [0, 0.1) is 0 Å². The van der Waals surface area contributed by atoms with Crippen LogP contribution in [0.4, 0.5) is 5.13 Å². The Morgan fingerprint density at radius 2 is 2.17 bits per heavy atom. The van der Waals surface area contributed by atoms with Gasteiger partial charge in [0.25, 0.3) is 0 Å². The highest BCUT2D eigenvalue weighted by atomic mass is 32.1. The lowest BCUT2D eigenvalue weighted by Gasteiger charge is -2.31. The van der Waals surface area contributed by atoms with Crippen LogP contribution in [0.25, 0.3) is 10.2 Å². The van der Waals surface area contributed by atoms with Crippen molar-refractivity contribution in [3.8, 4) is 5.75 Å². The molecule has 1 aromatic heterocycles. The summed E-state index contributed by atoms with van der Waals surface area (Å²) >= 11 is 1.65. The number of nitrogens with zero attached hydrogens (tertiary/aromatic N) is 2. The van der Waals surface area contributed by atoms with E-state index in [-0.39, 0.29) is 0 Å². The second-order valence-electron chi connectivity index (χ2n) is 4.74. The predicted octanol–water partition coefficient (Wildman–Crippen LogP) is 2.19.